The van der Waals surface area contributed by atoms with E-state index in [1.807, 2.05) is 37.3 Å². The Morgan fingerprint density at radius 3 is 2.50 bits per heavy atom. The topological polar surface area (TPSA) is 50.5 Å². The largest absolute Gasteiger partial charge is 0.438 e. The smallest absolute Gasteiger partial charge is 0.227 e. The van der Waals surface area contributed by atoms with Crippen molar-refractivity contribution >= 4 is 0 Å². The summed E-state index contributed by atoms with van der Waals surface area (Å²) in [6, 6.07) is 15.9. The molecule has 0 bridgehead atoms. The molecular weight excluding hydrogens is 405 g/mol. The molecule has 32 heavy (non-hydrogen) atoms. The average Bonchev–Trinajstić information content (AvgIpc) is 3.04. The van der Waals surface area contributed by atoms with E-state index in [4.69, 9.17) is 9.84 Å². The van der Waals surface area contributed by atoms with Gasteiger partial charge in [-0.15, -0.1) is 0 Å². The lowest BCUT2D eigenvalue weighted by Crippen LogP contribution is -2.35. The summed E-state index contributed by atoms with van der Waals surface area (Å²) in [5.74, 6) is 1.08. The van der Waals surface area contributed by atoms with E-state index >= 15 is 0 Å². The number of halogens is 1. The minimum atomic E-state index is -0.379. The van der Waals surface area contributed by atoms with Crippen LogP contribution in [0.4, 0.5) is 4.39 Å². The van der Waals surface area contributed by atoms with Gasteiger partial charge in [0.15, 0.2) is 0 Å². The molecule has 1 aromatic heterocycles. The Kier molecular flexibility index (Phi) is 8.42. The zero-order valence-corrected chi connectivity index (χ0v) is 19.5. The number of aryl methyl sites for hydroxylation is 1. The molecule has 0 fully saturated rings. The molecule has 0 aliphatic carbocycles. The highest BCUT2D eigenvalue weighted by Gasteiger charge is 2.23. The monoisotopic (exact) mass is 439 g/mol. The summed E-state index contributed by atoms with van der Waals surface area (Å²) in [7, 11) is 0. The van der Waals surface area contributed by atoms with Crippen LogP contribution in [-0.4, -0.2) is 39.0 Å². The first-order chi connectivity index (χ1) is 15.4. The highest BCUT2D eigenvalue weighted by atomic mass is 19.1. The molecule has 0 radical (unpaired) electrons. The standard InChI is InChI=1S/C26H34FN3O2/c1-5-10-23(31)17-29(16-19(2)3)18-25-20(4)28-30(22-12-7-6-8-13-22)26(25)32-24-14-9-11-21(27)15-24/h6-9,11-15,19,23,31H,5,10,16-18H2,1-4H3. The molecule has 6 heteroatoms. The number of rotatable bonds is 11. The molecule has 3 rings (SSSR count). The van der Waals surface area contributed by atoms with Gasteiger partial charge >= 0.3 is 0 Å². The number of aromatic nitrogens is 2. The lowest BCUT2D eigenvalue weighted by Gasteiger charge is -2.27. The Balaban J connectivity index is 2.00. The molecule has 1 unspecified atom stereocenters. The minimum absolute atomic E-state index is 0.351. The first-order valence-electron chi connectivity index (χ1n) is 11.3. The quantitative estimate of drug-likeness (QED) is 0.414. The van der Waals surface area contributed by atoms with E-state index in [0.717, 1.165) is 36.3 Å². The van der Waals surface area contributed by atoms with Gasteiger partial charge in [-0.2, -0.15) is 5.10 Å². The Morgan fingerprint density at radius 1 is 1.09 bits per heavy atom. The van der Waals surface area contributed by atoms with Crippen molar-refractivity contribution in [1.29, 1.82) is 0 Å². The molecule has 2 aromatic carbocycles. The number of hydrogen-bond acceptors (Lipinski definition) is 4. The molecule has 0 amide bonds. The number of benzene rings is 2. The van der Waals surface area contributed by atoms with Gasteiger partial charge in [0.1, 0.15) is 11.6 Å². The van der Waals surface area contributed by atoms with E-state index in [1.54, 1.807) is 16.8 Å². The van der Waals surface area contributed by atoms with Gasteiger partial charge in [0.25, 0.3) is 0 Å². The van der Waals surface area contributed by atoms with Crippen LogP contribution in [0.25, 0.3) is 5.69 Å². The number of para-hydroxylation sites is 1. The molecule has 0 saturated carbocycles. The molecule has 172 valence electrons. The summed E-state index contributed by atoms with van der Waals surface area (Å²) >= 11 is 0. The van der Waals surface area contributed by atoms with E-state index in [0.29, 0.717) is 30.6 Å². The van der Waals surface area contributed by atoms with E-state index < -0.39 is 0 Å². The summed E-state index contributed by atoms with van der Waals surface area (Å²) in [5, 5.41) is 15.2. The lowest BCUT2D eigenvalue weighted by atomic mass is 10.1. The predicted molar refractivity (Wildman–Crippen MR) is 126 cm³/mol. The zero-order valence-electron chi connectivity index (χ0n) is 19.5. The first kappa shape index (κ1) is 24.0. The molecule has 0 aliphatic heterocycles. The van der Waals surface area contributed by atoms with E-state index in [1.165, 1.54) is 12.1 Å². The number of aliphatic hydroxyl groups excluding tert-OH is 1. The van der Waals surface area contributed by atoms with Crippen LogP contribution in [0.15, 0.2) is 54.6 Å². The summed E-state index contributed by atoms with van der Waals surface area (Å²) in [5.41, 5.74) is 2.65. The van der Waals surface area contributed by atoms with Crippen LogP contribution in [0.3, 0.4) is 0 Å². The SMILES string of the molecule is CCCC(O)CN(Cc1c(C)nn(-c2ccccc2)c1Oc1cccc(F)c1)CC(C)C. The molecule has 0 spiro atoms. The summed E-state index contributed by atoms with van der Waals surface area (Å²) < 4.78 is 21.8. The maximum atomic E-state index is 13.8. The average molecular weight is 440 g/mol. The molecule has 3 aromatic rings. The third-order valence-electron chi connectivity index (χ3n) is 5.24. The Morgan fingerprint density at radius 2 is 1.84 bits per heavy atom. The van der Waals surface area contributed by atoms with Crippen LogP contribution < -0.4 is 4.74 Å². The highest BCUT2D eigenvalue weighted by Crippen LogP contribution is 2.32. The van der Waals surface area contributed by atoms with Crippen LogP contribution in [-0.2, 0) is 6.54 Å². The number of ether oxygens (including phenoxy) is 1. The van der Waals surface area contributed by atoms with Crippen LogP contribution in [0.5, 0.6) is 11.6 Å². The van der Waals surface area contributed by atoms with Crippen LogP contribution in [0.1, 0.15) is 44.9 Å². The molecule has 0 aliphatic rings. The van der Waals surface area contributed by atoms with Crippen molar-refractivity contribution < 1.29 is 14.2 Å². The number of hydrogen-bond donors (Lipinski definition) is 1. The molecule has 1 heterocycles. The van der Waals surface area contributed by atoms with Gasteiger partial charge in [0.2, 0.25) is 5.88 Å². The van der Waals surface area contributed by atoms with Crippen molar-refractivity contribution in [2.24, 2.45) is 5.92 Å². The van der Waals surface area contributed by atoms with Crippen LogP contribution >= 0.6 is 0 Å². The molecule has 0 saturated heterocycles. The Bertz CT molecular complexity index is 988. The second-order valence-electron chi connectivity index (χ2n) is 8.71. The molecule has 1 N–H and O–H groups in total. The van der Waals surface area contributed by atoms with Gasteiger partial charge in [-0.05, 0) is 43.5 Å². The minimum Gasteiger partial charge on any atom is -0.438 e. The third kappa shape index (κ3) is 6.40. The van der Waals surface area contributed by atoms with Crippen LogP contribution in [0, 0.1) is 18.7 Å². The van der Waals surface area contributed by atoms with Crippen molar-refractivity contribution in [3.8, 4) is 17.3 Å². The fraction of sp³-hybridized carbons (Fsp3) is 0.423. The molecular formula is C26H34FN3O2. The molecule has 5 nitrogen and oxygen atoms in total. The highest BCUT2D eigenvalue weighted by molar-refractivity contribution is 5.43. The normalized spacial score (nSPS) is 12.5. The summed E-state index contributed by atoms with van der Waals surface area (Å²) in [6.07, 6.45) is 1.33. The summed E-state index contributed by atoms with van der Waals surface area (Å²) in [6.45, 7) is 10.4. The van der Waals surface area contributed by atoms with E-state index in [-0.39, 0.29) is 11.9 Å². The lowest BCUT2D eigenvalue weighted by molar-refractivity contribution is 0.0939. The Labute approximate surface area is 190 Å². The van der Waals surface area contributed by atoms with Gasteiger partial charge in [-0.25, -0.2) is 9.07 Å². The second kappa shape index (κ2) is 11.2. The van der Waals surface area contributed by atoms with Crippen LogP contribution in [0.2, 0.25) is 0 Å². The fourth-order valence-electron chi connectivity index (χ4n) is 3.88. The van der Waals surface area contributed by atoms with Gasteiger partial charge < -0.3 is 9.84 Å². The summed E-state index contributed by atoms with van der Waals surface area (Å²) in [4.78, 5) is 2.25. The second-order valence-corrected chi connectivity index (χ2v) is 8.71. The third-order valence-corrected chi connectivity index (χ3v) is 5.24. The van der Waals surface area contributed by atoms with Crippen molar-refractivity contribution in [2.75, 3.05) is 13.1 Å². The van der Waals surface area contributed by atoms with Gasteiger partial charge in [0, 0.05) is 25.7 Å². The zero-order chi connectivity index (χ0) is 23.1. The van der Waals surface area contributed by atoms with Crippen molar-refractivity contribution in [3.05, 3.63) is 71.7 Å². The fourth-order valence-corrected chi connectivity index (χ4v) is 3.88. The predicted octanol–water partition coefficient (Wildman–Crippen LogP) is 5.73. The number of aliphatic hydroxyl groups is 1. The van der Waals surface area contributed by atoms with Gasteiger partial charge in [-0.1, -0.05) is 51.5 Å². The Hall–Kier alpha value is -2.70. The molecule has 1 atom stereocenters. The first-order valence-corrected chi connectivity index (χ1v) is 11.3. The van der Waals surface area contributed by atoms with Gasteiger partial charge in [0.05, 0.1) is 23.0 Å². The van der Waals surface area contributed by atoms with E-state index in [2.05, 4.69) is 25.7 Å². The maximum Gasteiger partial charge on any atom is 0.227 e. The maximum absolute atomic E-state index is 13.8. The van der Waals surface area contributed by atoms with Crippen molar-refractivity contribution in [3.63, 3.8) is 0 Å². The number of nitrogens with zero attached hydrogens (tertiary/aromatic N) is 3. The van der Waals surface area contributed by atoms with E-state index in [9.17, 15) is 9.50 Å². The van der Waals surface area contributed by atoms with Crippen molar-refractivity contribution in [1.82, 2.24) is 14.7 Å². The van der Waals surface area contributed by atoms with Crippen molar-refractivity contribution in [2.45, 2.75) is 53.2 Å². The van der Waals surface area contributed by atoms with Gasteiger partial charge in [-0.3, -0.25) is 4.90 Å².